The highest BCUT2D eigenvalue weighted by Crippen LogP contribution is 2.29. The molecule has 1 rings (SSSR count). The number of hydrogen-bond acceptors (Lipinski definition) is 2. The van der Waals surface area contributed by atoms with E-state index in [4.69, 9.17) is 23.2 Å². The van der Waals surface area contributed by atoms with Crippen LogP contribution in [0.2, 0.25) is 10.0 Å². The number of carbonyl (C=O) groups excluding carboxylic acids is 1. The highest BCUT2D eigenvalue weighted by molar-refractivity contribution is 6.35. The first kappa shape index (κ1) is 14.0. The summed E-state index contributed by atoms with van der Waals surface area (Å²) in [5, 5.41) is 5.04. The van der Waals surface area contributed by atoms with Crippen molar-refractivity contribution in [3.8, 4) is 0 Å². The van der Waals surface area contributed by atoms with Crippen LogP contribution in [-0.2, 0) is 4.79 Å². The average Bonchev–Trinajstić information content (AvgIpc) is 2.28. The summed E-state index contributed by atoms with van der Waals surface area (Å²) in [5.41, 5.74) is 3.22. The van der Waals surface area contributed by atoms with Gasteiger partial charge in [-0.25, -0.2) is 0 Å². The number of carbonyl (C=O) groups is 1. The smallest absolute Gasteiger partial charge is 0.227 e. The summed E-state index contributed by atoms with van der Waals surface area (Å²) in [6, 6.07) is 5.40. The van der Waals surface area contributed by atoms with Crippen molar-refractivity contribution in [2.24, 2.45) is 5.10 Å². The second kappa shape index (κ2) is 7.30. The number of rotatable bonds is 6. The van der Waals surface area contributed by atoms with Crippen molar-refractivity contribution in [1.29, 1.82) is 0 Å². The Balaban J connectivity index is 2.92. The van der Waals surface area contributed by atoms with E-state index in [-0.39, 0.29) is 5.92 Å². The first-order valence-electron chi connectivity index (χ1n) is 5.36. The van der Waals surface area contributed by atoms with Crippen molar-refractivity contribution in [1.82, 2.24) is 5.43 Å². The number of nitrogens with one attached hydrogen (secondary N) is 1. The van der Waals surface area contributed by atoms with Crippen molar-refractivity contribution < 1.29 is 4.79 Å². The van der Waals surface area contributed by atoms with E-state index >= 15 is 0 Å². The first-order chi connectivity index (χ1) is 8.19. The molecule has 0 aliphatic heterocycles. The van der Waals surface area contributed by atoms with Gasteiger partial charge in [0.05, 0.1) is 0 Å². The average molecular weight is 273 g/mol. The van der Waals surface area contributed by atoms with Crippen LogP contribution in [0.4, 0.5) is 0 Å². The maximum absolute atomic E-state index is 10.1. The molecule has 1 aromatic carbocycles. The summed E-state index contributed by atoms with van der Waals surface area (Å²) in [4.78, 5) is 10.1. The Morgan fingerprint density at radius 2 is 2.24 bits per heavy atom. The largest absolute Gasteiger partial charge is 0.277 e. The van der Waals surface area contributed by atoms with Gasteiger partial charge in [-0.3, -0.25) is 10.2 Å². The van der Waals surface area contributed by atoms with E-state index in [1.54, 1.807) is 18.3 Å². The minimum Gasteiger partial charge on any atom is -0.277 e. The Bertz CT molecular complexity index is 407. The molecule has 0 aliphatic carbocycles. The van der Waals surface area contributed by atoms with Gasteiger partial charge in [-0.1, -0.05) is 42.6 Å². The van der Waals surface area contributed by atoms with Gasteiger partial charge in [-0.2, -0.15) is 5.10 Å². The maximum Gasteiger partial charge on any atom is 0.227 e. The standard InChI is InChI=1S/C12H14Cl2N2O/c1-2-3-9(7-15-16-8-17)11-5-4-10(13)6-12(11)14/h4-9H,2-3H2,1H3,(H,16,17). The number of hydrogen-bond donors (Lipinski definition) is 1. The summed E-state index contributed by atoms with van der Waals surface area (Å²) in [6.07, 6.45) is 4.12. The molecule has 0 saturated heterocycles. The highest BCUT2D eigenvalue weighted by atomic mass is 35.5. The van der Waals surface area contributed by atoms with E-state index in [1.807, 2.05) is 6.07 Å². The summed E-state index contributed by atoms with van der Waals surface area (Å²) < 4.78 is 0. The third-order valence-electron chi connectivity index (χ3n) is 2.34. The van der Waals surface area contributed by atoms with E-state index in [1.165, 1.54) is 0 Å². The van der Waals surface area contributed by atoms with Crippen molar-refractivity contribution in [2.75, 3.05) is 0 Å². The van der Waals surface area contributed by atoms with Crippen LogP contribution in [0.15, 0.2) is 23.3 Å². The van der Waals surface area contributed by atoms with Crippen LogP contribution in [0, 0.1) is 0 Å². The molecule has 92 valence electrons. The molecule has 0 bridgehead atoms. The number of halogens is 2. The lowest BCUT2D eigenvalue weighted by Gasteiger charge is -2.13. The Morgan fingerprint density at radius 1 is 1.47 bits per heavy atom. The normalized spacial score (nSPS) is 12.6. The van der Waals surface area contributed by atoms with Crippen LogP contribution in [0.3, 0.4) is 0 Å². The van der Waals surface area contributed by atoms with Gasteiger partial charge in [0, 0.05) is 22.2 Å². The van der Waals surface area contributed by atoms with Crippen molar-refractivity contribution in [3.05, 3.63) is 33.8 Å². The van der Waals surface area contributed by atoms with Gasteiger partial charge < -0.3 is 0 Å². The molecule has 1 N–H and O–H groups in total. The lowest BCUT2D eigenvalue weighted by Crippen LogP contribution is -2.06. The molecule has 1 unspecified atom stereocenters. The molecule has 0 heterocycles. The predicted octanol–water partition coefficient (Wildman–Crippen LogP) is 3.61. The quantitative estimate of drug-likeness (QED) is 0.480. The van der Waals surface area contributed by atoms with Crippen LogP contribution in [0.5, 0.6) is 0 Å². The molecular weight excluding hydrogens is 259 g/mol. The molecule has 1 atom stereocenters. The van der Waals surface area contributed by atoms with Gasteiger partial charge in [-0.15, -0.1) is 0 Å². The van der Waals surface area contributed by atoms with E-state index < -0.39 is 0 Å². The highest BCUT2D eigenvalue weighted by Gasteiger charge is 2.12. The number of nitrogens with zero attached hydrogens (tertiary/aromatic N) is 1. The minimum atomic E-state index is 0.0808. The zero-order chi connectivity index (χ0) is 12.7. The maximum atomic E-state index is 10.1. The summed E-state index contributed by atoms with van der Waals surface area (Å²) in [7, 11) is 0. The third kappa shape index (κ3) is 4.36. The molecule has 0 radical (unpaired) electrons. The summed E-state index contributed by atoms with van der Waals surface area (Å²) in [5.74, 6) is 0.0808. The number of hydrazone groups is 1. The second-order valence-corrected chi connectivity index (χ2v) is 4.43. The minimum absolute atomic E-state index is 0.0808. The predicted molar refractivity (Wildman–Crippen MR) is 71.8 cm³/mol. The molecule has 0 fully saturated rings. The van der Waals surface area contributed by atoms with Gasteiger partial charge in [0.1, 0.15) is 0 Å². The fraction of sp³-hybridized carbons (Fsp3) is 0.333. The lowest BCUT2D eigenvalue weighted by atomic mass is 9.96. The fourth-order valence-electron chi connectivity index (χ4n) is 1.59. The zero-order valence-corrected chi connectivity index (χ0v) is 11.0. The van der Waals surface area contributed by atoms with Crippen LogP contribution in [0.1, 0.15) is 31.2 Å². The third-order valence-corrected chi connectivity index (χ3v) is 2.91. The molecule has 5 heteroatoms. The van der Waals surface area contributed by atoms with E-state index in [0.717, 1.165) is 18.4 Å². The Labute approximate surface area is 111 Å². The monoisotopic (exact) mass is 272 g/mol. The SMILES string of the molecule is CCCC(C=NNC=O)c1ccc(Cl)cc1Cl. The Morgan fingerprint density at radius 3 is 2.82 bits per heavy atom. The number of amides is 1. The molecular formula is C12H14Cl2N2O. The Kier molecular flexibility index (Phi) is 6.01. The van der Waals surface area contributed by atoms with Gasteiger partial charge in [0.25, 0.3) is 0 Å². The first-order valence-corrected chi connectivity index (χ1v) is 6.12. The molecule has 0 spiro atoms. The second-order valence-electron chi connectivity index (χ2n) is 3.59. The lowest BCUT2D eigenvalue weighted by molar-refractivity contribution is -0.109. The molecule has 0 aliphatic rings. The van der Waals surface area contributed by atoms with Crippen LogP contribution >= 0.6 is 23.2 Å². The van der Waals surface area contributed by atoms with Crippen molar-refractivity contribution in [2.45, 2.75) is 25.7 Å². The van der Waals surface area contributed by atoms with Crippen molar-refractivity contribution >= 4 is 35.8 Å². The summed E-state index contributed by atoms with van der Waals surface area (Å²) >= 11 is 12.0. The van der Waals surface area contributed by atoms with E-state index in [0.29, 0.717) is 16.5 Å². The van der Waals surface area contributed by atoms with Gasteiger partial charge >= 0.3 is 0 Å². The molecule has 1 aromatic rings. The molecule has 1 amide bonds. The Hall–Kier alpha value is -1.06. The van der Waals surface area contributed by atoms with Gasteiger partial charge in [0.2, 0.25) is 6.41 Å². The van der Waals surface area contributed by atoms with E-state index in [9.17, 15) is 4.79 Å². The topological polar surface area (TPSA) is 41.5 Å². The van der Waals surface area contributed by atoms with Gasteiger partial charge in [-0.05, 0) is 24.1 Å². The van der Waals surface area contributed by atoms with Crippen LogP contribution in [0.25, 0.3) is 0 Å². The van der Waals surface area contributed by atoms with E-state index in [2.05, 4.69) is 17.5 Å². The molecule has 17 heavy (non-hydrogen) atoms. The van der Waals surface area contributed by atoms with Gasteiger partial charge in [0.15, 0.2) is 0 Å². The molecule has 0 saturated carbocycles. The van der Waals surface area contributed by atoms with Crippen molar-refractivity contribution in [3.63, 3.8) is 0 Å². The van der Waals surface area contributed by atoms with Crippen LogP contribution in [-0.4, -0.2) is 12.6 Å². The fourth-order valence-corrected chi connectivity index (χ4v) is 2.14. The zero-order valence-electron chi connectivity index (χ0n) is 9.49. The number of benzene rings is 1. The molecule has 3 nitrogen and oxygen atoms in total. The molecule has 0 aromatic heterocycles. The summed E-state index contributed by atoms with van der Waals surface area (Å²) in [6.45, 7) is 2.08. The van der Waals surface area contributed by atoms with Crippen LogP contribution < -0.4 is 5.43 Å².